The molecule has 3 heteroatoms. The smallest absolute Gasteiger partial charge is 0.0107 e. The first kappa shape index (κ1) is 14.9. The summed E-state index contributed by atoms with van der Waals surface area (Å²) < 4.78 is 0. The van der Waals surface area contributed by atoms with Gasteiger partial charge in [0.2, 0.25) is 0 Å². The highest BCUT2D eigenvalue weighted by atomic mass is 15.2. The van der Waals surface area contributed by atoms with Crippen molar-refractivity contribution in [1.82, 2.24) is 15.1 Å². The Balaban J connectivity index is 1.99. The van der Waals surface area contributed by atoms with Crippen molar-refractivity contribution in [2.45, 2.75) is 38.6 Å². The second-order valence-electron chi connectivity index (χ2n) is 6.02. The molecular weight excluding hydrogens is 210 g/mol. The first-order valence-electron chi connectivity index (χ1n) is 7.14. The molecule has 0 aromatic heterocycles. The van der Waals surface area contributed by atoms with Crippen LogP contribution >= 0.6 is 0 Å². The second kappa shape index (κ2) is 8.06. The molecule has 1 aliphatic rings. The van der Waals surface area contributed by atoms with Crippen LogP contribution in [0.3, 0.4) is 0 Å². The van der Waals surface area contributed by atoms with E-state index in [2.05, 4.69) is 43.2 Å². The van der Waals surface area contributed by atoms with E-state index in [1.165, 1.54) is 32.2 Å². The normalized spacial score (nSPS) is 25.8. The third kappa shape index (κ3) is 7.02. The summed E-state index contributed by atoms with van der Waals surface area (Å²) in [5.74, 6) is 0.954. The Morgan fingerprint density at radius 2 is 1.59 bits per heavy atom. The number of rotatable bonds is 7. The molecule has 1 rings (SSSR count). The summed E-state index contributed by atoms with van der Waals surface area (Å²) in [5.41, 5.74) is 0. The Morgan fingerprint density at radius 1 is 0.941 bits per heavy atom. The molecule has 1 fully saturated rings. The molecule has 0 amide bonds. The van der Waals surface area contributed by atoms with Crippen LogP contribution in [0.2, 0.25) is 0 Å². The number of nitrogens with one attached hydrogen (secondary N) is 1. The molecule has 3 nitrogen and oxygen atoms in total. The summed E-state index contributed by atoms with van der Waals surface area (Å²) in [6.45, 7) is 7.00. The van der Waals surface area contributed by atoms with Crippen molar-refractivity contribution in [2.75, 3.05) is 47.3 Å². The molecule has 0 radical (unpaired) electrons. The summed E-state index contributed by atoms with van der Waals surface area (Å²) >= 11 is 0. The topological polar surface area (TPSA) is 18.5 Å². The lowest BCUT2D eigenvalue weighted by Gasteiger charge is -2.28. The molecule has 0 saturated heterocycles. The van der Waals surface area contributed by atoms with E-state index in [1.54, 1.807) is 0 Å². The minimum absolute atomic E-state index is 0.786. The zero-order valence-electron chi connectivity index (χ0n) is 12.2. The lowest BCUT2D eigenvalue weighted by molar-refractivity contribution is 0.262. The molecule has 1 aliphatic carbocycles. The molecule has 0 aromatic rings. The number of nitrogens with zero attached hydrogens (tertiary/aromatic N) is 2. The van der Waals surface area contributed by atoms with Gasteiger partial charge in [-0.25, -0.2) is 0 Å². The van der Waals surface area contributed by atoms with Gasteiger partial charge in [0.25, 0.3) is 0 Å². The summed E-state index contributed by atoms with van der Waals surface area (Å²) in [6.07, 6.45) is 5.58. The maximum absolute atomic E-state index is 3.71. The van der Waals surface area contributed by atoms with Gasteiger partial charge in [-0.2, -0.15) is 0 Å². The lowest BCUT2D eigenvalue weighted by atomic mass is 9.87. The molecule has 0 heterocycles. The summed E-state index contributed by atoms with van der Waals surface area (Å²) in [4.78, 5) is 4.66. The number of hydrogen-bond donors (Lipinski definition) is 1. The monoisotopic (exact) mass is 241 g/mol. The van der Waals surface area contributed by atoms with Crippen LogP contribution < -0.4 is 5.32 Å². The van der Waals surface area contributed by atoms with Crippen LogP contribution in [0.15, 0.2) is 0 Å². The van der Waals surface area contributed by atoms with Crippen molar-refractivity contribution in [1.29, 1.82) is 0 Å². The molecule has 0 unspecified atom stereocenters. The Bertz CT molecular complexity index is 186. The van der Waals surface area contributed by atoms with E-state index in [-0.39, 0.29) is 0 Å². The van der Waals surface area contributed by atoms with Gasteiger partial charge in [0.15, 0.2) is 0 Å². The fraction of sp³-hybridized carbons (Fsp3) is 1.00. The van der Waals surface area contributed by atoms with Crippen LogP contribution in [0.25, 0.3) is 0 Å². The van der Waals surface area contributed by atoms with Crippen LogP contribution in [0, 0.1) is 5.92 Å². The molecule has 0 aliphatic heterocycles. The second-order valence-corrected chi connectivity index (χ2v) is 6.02. The largest absolute Gasteiger partial charge is 0.313 e. The average Bonchev–Trinajstić information content (AvgIpc) is 2.29. The SMILES string of the molecule is CC1CCC(NCCN(C)CCN(C)C)CC1. The van der Waals surface area contributed by atoms with Crippen LogP contribution in [0.1, 0.15) is 32.6 Å². The molecule has 0 spiro atoms. The predicted octanol–water partition coefficient (Wildman–Crippen LogP) is 1.65. The highest BCUT2D eigenvalue weighted by Crippen LogP contribution is 2.23. The van der Waals surface area contributed by atoms with Gasteiger partial charge in [0.05, 0.1) is 0 Å². The van der Waals surface area contributed by atoms with Crippen molar-refractivity contribution < 1.29 is 0 Å². The van der Waals surface area contributed by atoms with Crippen molar-refractivity contribution >= 4 is 0 Å². The Morgan fingerprint density at radius 3 is 2.18 bits per heavy atom. The molecule has 0 aromatic carbocycles. The zero-order chi connectivity index (χ0) is 12.7. The van der Waals surface area contributed by atoms with Crippen LogP contribution in [0.4, 0.5) is 0 Å². The maximum atomic E-state index is 3.71. The minimum Gasteiger partial charge on any atom is -0.313 e. The van der Waals surface area contributed by atoms with E-state index in [1.807, 2.05) is 0 Å². The molecule has 0 atom stereocenters. The summed E-state index contributed by atoms with van der Waals surface area (Å²) in [6, 6.07) is 0.786. The number of hydrogen-bond acceptors (Lipinski definition) is 3. The van der Waals surface area contributed by atoms with E-state index < -0.39 is 0 Å². The highest BCUT2D eigenvalue weighted by Gasteiger charge is 2.17. The maximum Gasteiger partial charge on any atom is 0.0107 e. The van der Waals surface area contributed by atoms with E-state index in [0.717, 1.165) is 31.6 Å². The van der Waals surface area contributed by atoms with Gasteiger partial charge in [-0.05, 0) is 52.7 Å². The standard InChI is InChI=1S/C14H31N3/c1-13-5-7-14(8-6-13)15-9-10-17(4)12-11-16(2)3/h13-15H,5-12H2,1-4H3. The van der Waals surface area contributed by atoms with Crippen molar-refractivity contribution in [3.63, 3.8) is 0 Å². The van der Waals surface area contributed by atoms with E-state index in [9.17, 15) is 0 Å². The summed E-state index contributed by atoms with van der Waals surface area (Å²) in [5, 5.41) is 3.71. The quantitative estimate of drug-likeness (QED) is 0.731. The Kier molecular flexibility index (Phi) is 7.09. The van der Waals surface area contributed by atoms with Crippen LogP contribution in [-0.2, 0) is 0 Å². The first-order valence-corrected chi connectivity index (χ1v) is 7.14. The van der Waals surface area contributed by atoms with Crippen LogP contribution in [-0.4, -0.2) is 63.2 Å². The Labute approximate surface area is 108 Å². The molecule has 17 heavy (non-hydrogen) atoms. The van der Waals surface area contributed by atoms with Crippen molar-refractivity contribution in [3.8, 4) is 0 Å². The molecule has 0 bridgehead atoms. The van der Waals surface area contributed by atoms with Crippen molar-refractivity contribution in [2.24, 2.45) is 5.92 Å². The minimum atomic E-state index is 0.786. The Hall–Kier alpha value is -0.120. The van der Waals surface area contributed by atoms with E-state index in [0.29, 0.717) is 0 Å². The highest BCUT2D eigenvalue weighted by molar-refractivity contribution is 4.75. The van der Waals surface area contributed by atoms with Gasteiger partial charge >= 0.3 is 0 Å². The fourth-order valence-electron chi connectivity index (χ4n) is 2.41. The average molecular weight is 241 g/mol. The van der Waals surface area contributed by atoms with E-state index >= 15 is 0 Å². The molecule has 1 N–H and O–H groups in total. The van der Waals surface area contributed by atoms with Gasteiger partial charge in [0, 0.05) is 32.2 Å². The van der Waals surface area contributed by atoms with Crippen molar-refractivity contribution in [3.05, 3.63) is 0 Å². The van der Waals surface area contributed by atoms with Crippen LogP contribution in [0.5, 0.6) is 0 Å². The molecule has 1 saturated carbocycles. The lowest BCUT2D eigenvalue weighted by Crippen LogP contribution is -2.39. The summed E-state index contributed by atoms with van der Waals surface area (Å²) in [7, 11) is 6.48. The van der Waals surface area contributed by atoms with Gasteiger partial charge in [-0.3, -0.25) is 0 Å². The predicted molar refractivity (Wildman–Crippen MR) is 75.5 cm³/mol. The van der Waals surface area contributed by atoms with Gasteiger partial charge in [-0.15, -0.1) is 0 Å². The molecule has 102 valence electrons. The van der Waals surface area contributed by atoms with Gasteiger partial charge in [0.1, 0.15) is 0 Å². The van der Waals surface area contributed by atoms with Gasteiger partial charge in [-0.1, -0.05) is 6.92 Å². The molecular formula is C14H31N3. The fourth-order valence-corrected chi connectivity index (χ4v) is 2.41. The third-order valence-electron chi connectivity index (χ3n) is 3.87. The van der Waals surface area contributed by atoms with Gasteiger partial charge < -0.3 is 15.1 Å². The number of likely N-dealkylation sites (N-methyl/N-ethyl adjacent to an activating group) is 2. The zero-order valence-corrected chi connectivity index (χ0v) is 12.2. The third-order valence-corrected chi connectivity index (χ3v) is 3.87. The first-order chi connectivity index (χ1) is 8.08. The van der Waals surface area contributed by atoms with E-state index in [4.69, 9.17) is 0 Å².